The van der Waals surface area contributed by atoms with E-state index in [1.54, 1.807) is 52.1 Å². The second-order valence-corrected chi connectivity index (χ2v) is 5.50. The summed E-state index contributed by atoms with van der Waals surface area (Å²) in [6, 6.07) is 7.28. The van der Waals surface area contributed by atoms with Gasteiger partial charge in [0.05, 0.1) is 27.5 Å². The number of nitrogens with zero attached hydrogens (tertiary/aromatic N) is 4. The molecule has 1 N–H and O–H groups in total. The molecule has 134 valence electrons. The Morgan fingerprint density at radius 2 is 1.88 bits per heavy atom. The summed E-state index contributed by atoms with van der Waals surface area (Å²) in [4.78, 5) is 4.09. The Hall–Kier alpha value is -3.20. The first-order valence-electron chi connectivity index (χ1n) is 7.60. The van der Waals surface area contributed by atoms with Crippen LogP contribution in [0.3, 0.4) is 0 Å². The van der Waals surface area contributed by atoms with Crippen LogP contribution in [0.5, 0.6) is 17.2 Å². The first kappa shape index (κ1) is 17.6. The minimum Gasteiger partial charge on any atom is -0.493 e. The van der Waals surface area contributed by atoms with Crippen LogP contribution in [-0.4, -0.2) is 47.4 Å². The van der Waals surface area contributed by atoms with Crippen molar-refractivity contribution in [2.75, 3.05) is 21.3 Å². The number of benzene rings is 1. The third-order valence-electron chi connectivity index (χ3n) is 3.58. The molecular formula is C17H17N5O3S. The van der Waals surface area contributed by atoms with E-state index in [2.05, 4.69) is 20.3 Å². The number of hydrogen-bond acceptors (Lipinski definition) is 7. The molecule has 0 saturated heterocycles. The van der Waals surface area contributed by atoms with Crippen molar-refractivity contribution in [3.8, 4) is 28.6 Å². The highest BCUT2D eigenvalue weighted by atomic mass is 32.1. The molecule has 0 amide bonds. The molecule has 2 heterocycles. The largest absolute Gasteiger partial charge is 0.493 e. The fourth-order valence-electron chi connectivity index (χ4n) is 2.38. The standard InChI is InChI=1S/C17H17N5O3S/c1-23-13-7-11(8-14(24-2)15(13)25-3)9-19-22-16(20-21-17(22)26)12-5-4-6-18-10-12/h4-10H,1-3H3,(H,21,26)/b19-9+. The topological polar surface area (TPSA) is 86.6 Å². The van der Waals surface area contributed by atoms with E-state index in [1.165, 1.54) is 4.68 Å². The molecular weight excluding hydrogens is 354 g/mol. The van der Waals surface area contributed by atoms with Crippen LogP contribution >= 0.6 is 12.2 Å². The minimum absolute atomic E-state index is 0.368. The number of nitrogens with one attached hydrogen (secondary N) is 1. The molecule has 0 radical (unpaired) electrons. The third kappa shape index (κ3) is 3.42. The van der Waals surface area contributed by atoms with Gasteiger partial charge in [0.2, 0.25) is 10.5 Å². The summed E-state index contributed by atoms with van der Waals surface area (Å²) >= 11 is 5.27. The molecule has 0 atom stereocenters. The summed E-state index contributed by atoms with van der Waals surface area (Å²) in [5, 5.41) is 11.4. The smallest absolute Gasteiger partial charge is 0.216 e. The molecule has 3 aromatic rings. The predicted octanol–water partition coefficient (Wildman–Crippen LogP) is 2.91. The van der Waals surface area contributed by atoms with Crippen LogP contribution in [0.4, 0.5) is 0 Å². The number of aromatic amines is 1. The molecule has 0 aliphatic rings. The molecule has 1 aromatic carbocycles. The van der Waals surface area contributed by atoms with Gasteiger partial charge in [0.15, 0.2) is 17.3 Å². The summed E-state index contributed by atoms with van der Waals surface area (Å²) < 4.78 is 17.9. The normalized spacial score (nSPS) is 10.9. The number of H-pyrrole nitrogens is 1. The maximum Gasteiger partial charge on any atom is 0.216 e. The third-order valence-corrected chi connectivity index (χ3v) is 3.84. The highest BCUT2D eigenvalue weighted by Gasteiger charge is 2.13. The van der Waals surface area contributed by atoms with Gasteiger partial charge in [-0.2, -0.15) is 14.9 Å². The Bertz CT molecular complexity index is 957. The summed E-state index contributed by atoms with van der Waals surface area (Å²) in [5.41, 5.74) is 1.54. The predicted molar refractivity (Wildman–Crippen MR) is 99.7 cm³/mol. The highest BCUT2D eigenvalue weighted by molar-refractivity contribution is 7.71. The van der Waals surface area contributed by atoms with Gasteiger partial charge in [-0.15, -0.1) is 0 Å². The van der Waals surface area contributed by atoms with Gasteiger partial charge in [-0.05, 0) is 36.5 Å². The van der Waals surface area contributed by atoms with Crippen molar-refractivity contribution < 1.29 is 14.2 Å². The molecule has 8 nitrogen and oxygen atoms in total. The molecule has 0 unspecified atom stereocenters. The second-order valence-electron chi connectivity index (χ2n) is 5.11. The molecule has 9 heteroatoms. The number of aromatic nitrogens is 4. The quantitative estimate of drug-likeness (QED) is 0.530. The molecule has 0 aliphatic carbocycles. The second kappa shape index (κ2) is 7.79. The molecule has 3 rings (SSSR count). The lowest BCUT2D eigenvalue weighted by Gasteiger charge is -2.12. The van der Waals surface area contributed by atoms with Crippen LogP contribution in [-0.2, 0) is 0 Å². The van der Waals surface area contributed by atoms with Gasteiger partial charge in [-0.25, -0.2) is 5.10 Å². The summed E-state index contributed by atoms with van der Waals surface area (Å²) in [6.45, 7) is 0. The first-order valence-corrected chi connectivity index (χ1v) is 8.01. The Balaban J connectivity index is 2.02. The molecule has 0 saturated carbocycles. The van der Waals surface area contributed by atoms with Gasteiger partial charge >= 0.3 is 0 Å². The van der Waals surface area contributed by atoms with Crippen LogP contribution in [0.2, 0.25) is 0 Å². The average molecular weight is 371 g/mol. The van der Waals surface area contributed by atoms with Crippen molar-refractivity contribution >= 4 is 18.4 Å². The lowest BCUT2D eigenvalue weighted by atomic mass is 10.2. The fourth-order valence-corrected chi connectivity index (χ4v) is 2.56. The average Bonchev–Trinajstić information content (AvgIpc) is 3.06. The summed E-state index contributed by atoms with van der Waals surface area (Å²) in [7, 11) is 4.68. The number of rotatable bonds is 6. The van der Waals surface area contributed by atoms with Gasteiger partial charge in [-0.1, -0.05) is 0 Å². The Morgan fingerprint density at radius 3 is 2.46 bits per heavy atom. The van der Waals surface area contributed by atoms with Crippen molar-refractivity contribution in [2.24, 2.45) is 5.10 Å². The minimum atomic E-state index is 0.368. The molecule has 0 bridgehead atoms. The molecule has 0 spiro atoms. The Kier molecular flexibility index (Phi) is 5.28. The molecule has 0 fully saturated rings. The number of methoxy groups -OCH3 is 3. The van der Waals surface area contributed by atoms with E-state index in [-0.39, 0.29) is 0 Å². The van der Waals surface area contributed by atoms with Crippen LogP contribution in [0.15, 0.2) is 41.8 Å². The zero-order valence-electron chi connectivity index (χ0n) is 14.5. The van der Waals surface area contributed by atoms with Gasteiger partial charge < -0.3 is 14.2 Å². The number of hydrogen-bond donors (Lipinski definition) is 1. The van der Waals surface area contributed by atoms with Crippen LogP contribution in [0.1, 0.15) is 5.56 Å². The summed E-state index contributed by atoms with van der Waals surface area (Å²) in [6.07, 6.45) is 5.01. The van der Waals surface area contributed by atoms with E-state index >= 15 is 0 Å². The van der Waals surface area contributed by atoms with Gasteiger partial charge in [0, 0.05) is 23.5 Å². The van der Waals surface area contributed by atoms with Crippen LogP contribution < -0.4 is 14.2 Å². The summed E-state index contributed by atoms with van der Waals surface area (Å²) in [5.74, 6) is 2.16. The van der Waals surface area contributed by atoms with E-state index < -0.39 is 0 Å². The zero-order valence-corrected chi connectivity index (χ0v) is 15.3. The zero-order chi connectivity index (χ0) is 18.5. The fraction of sp³-hybridized carbons (Fsp3) is 0.176. The van der Waals surface area contributed by atoms with Gasteiger partial charge in [0.25, 0.3) is 0 Å². The molecule has 2 aromatic heterocycles. The number of pyridine rings is 1. The van der Waals surface area contributed by atoms with E-state index in [1.807, 2.05) is 12.1 Å². The highest BCUT2D eigenvalue weighted by Crippen LogP contribution is 2.37. The van der Waals surface area contributed by atoms with Crippen LogP contribution in [0, 0.1) is 4.77 Å². The monoisotopic (exact) mass is 371 g/mol. The van der Waals surface area contributed by atoms with E-state index in [0.29, 0.717) is 27.8 Å². The van der Waals surface area contributed by atoms with Gasteiger partial charge in [0.1, 0.15) is 0 Å². The maximum atomic E-state index is 5.35. The molecule has 0 aliphatic heterocycles. The first-order chi connectivity index (χ1) is 12.7. The lowest BCUT2D eigenvalue weighted by Crippen LogP contribution is -1.98. The van der Waals surface area contributed by atoms with Gasteiger partial charge in [-0.3, -0.25) is 4.98 Å². The van der Waals surface area contributed by atoms with Crippen molar-refractivity contribution in [1.82, 2.24) is 19.9 Å². The van der Waals surface area contributed by atoms with E-state index in [0.717, 1.165) is 11.1 Å². The lowest BCUT2D eigenvalue weighted by molar-refractivity contribution is 0.324. The van der Waals surface area contributed by atoms with Crippen molar-refractivity contribution in [3.05, 3.63) is 47.0 Å². The Labute approximate surface area is 155 Å². The van der Waals surface area contributed by atoms with E-state index in [4.69, 9.17) is 26.4 Å². The number of ether oxygens (including phenoxy) is 3. The van der Waals surface area contributed by atoms with E-state index in [9.17, 15) is 0 Å². The SMILES string of the molecule is COc1cc(/C=N/n2c(-c3cccnc3)n[nH]c2=S)cc(OC)c1OC. The van der Waals surface area contributed by atoms with Crippen LogP contribution in [0.25, 0.3) is 11.4 Å². The molecule has 26 heavy (non-hydrogen) atoms. The van der Waals surface area contributed by atoms with Crippen molar-refractivity contribution in [2.45, 2.75) is 0 Å². The van der Waals surface area contributed by atoms with Crippen molar-refractivity contribution in [3.63, 3.8) is 0 Å². The maximum absolute atomic E-state index is 5.35. The van der Waals surface area contributed by atoms with Crippen molar-refractivity contribution in [1.29, 1.82) is 0 Å². The Morgan fingerprint density at radius 1 is 1.15 bits per heavy atom.